The van der Waals surface area contributed by atoms with E-state index in [9.17, 15) is 14.0 Å². The second kappa shape index (κ2) is 5.70. The molecule has 0 saturated carbocycles. The maximum atomic E-state index is 12.7. The van der Waals surface area contributed by atoms with Crippen LogP contribution in [0.3, 0.4) is 0 Å². The van der Waals surface area contributed by atoms with Crippen molar-refractivity contribution >= 4 is 27.5 Å². The quantitative estimate of drug-likeness (QED) is 0.914. The van der Waals surface area contributed by atoms with E-state index in [4.69, 9.17) is 5.73 Å². The Morgan fingerprint density at radius 3 is 2.75 bits per heavy atom. The molecule has 0 fully saturated rings. The lowest BCUT2D eigenvalue weighted by Crippen LogP contribution is -2.26. The Kier molecular flexibility index (Phi) is 4.17. The van der Waals surface area contributed by atoms with Crippen LogP contribution in [0.4, 0.5) is 4.39 Å². The highest BCUT2D eigenvalue weighted by molar-refractivity contribution is 7.20. The number of nitrogens with two attached hydrogens (primary N) is 1. The van der Waals surface area contributed by atoms with E-state index in [0.717, 1.165) is 17.8 Å². The number of nitrogens with zero attached hydrogens (tertiary/aromatic N) is 2. The Morgan fingerprint density at radius 2 is 2.20 bits per heavy atom. The van der Waals surface area contributed by atoms with Gasteiger partial charge in [-0.15, -0.1) is 11.3 Å². The van der Waals surface area contributed by atoms with E-state index in [-0.39, 0.29) is 12.1 Å². The number of thiophene rings is 1. The molecule has 2 heterocycles. The monoisotopic (exact) mass is 297 g/mol. The fourth-order valence-electron chi connectivity index (χ4n) is 2.22. The Morgan fingerprint density at radius 1 is 1.50 bits per heavy atom. The lowest BCUT2D eigenvalue weighted by atomic mass is 10.2. The Balaban J connectivity index is 2.80. The van der Waals surface area contributed by atoms with Gasteiger partial charge in [0.15, 0.2) is 0 Å². The number of amides is 1. The van der Waals surface area contributed by atoms with Crippen LogP contribution in [0.1, 0.15) is 34.4 Å². The first kappa shape index (κ1) is 14.6. The van der Waals surface area contributed by atoms with E-state index in [2.05, 4.69) is 4.98 Å². The Labute approximate surface area is 119 Å². The van der Waals surface area contributed by atoms with Crippen molar-refractivity contribution in [2.75, 3.05) is 6.67 Å². The minimum Gasteiger partial charge on any atom is -0.365 e. The summed E-state index contributed by atoms with van der Waals surface area (Å²) in [5, 5.41) is 0.372. The first-order chi connectivity index (χ1) is 9.51. The van der Waals surface area contributed by atoms with Crippen molar-refractivity contribution in [2.24, 2.45) is 5.73 Å². The molecule has 0 saturated heterocycles. The predicted octanol–water partition coefficient (Wildman–Crippen LogP) is 1.79. The molecule has 0 aliphatic heterocycles. The van der Waals surface area contributed by atoms with Gasteiger partial charge in [0.1, 0.15) is 17.3 Å². The summed E-state index contributed by atoms with van der Waals surface area (Å²) in [6.07, 6.45) is 1.39. The van der Waals surface area contributed by atoms with Gasteiger partial charge in [0.05, 0.1) is 16.8 Å². The normalized spacial score (nSPS) is 11.2. The number of aryl methyl sites for hydroxylation is 2. The number of hydrogen-bond acceptors (Lipinski definition) is 4. The minimum absolute atomic E-state index is 0.0156. The molecule has 2 aromatic heterocycles. The molecule has 0 unspecified atom stereocenters. The second-order valence-corrected chi connectivity index (χ2v) is 5.52. The lowest BCUT2D eigenvalue weighted by Gasteiger charge is -2.09. The van der Waals surface area contributed by atoms with Crippen LogP contribution in [0, 0.1) is 6.92 Å². The molecule has 0 aliphatic carbocycles. The summed E-state index contributed by atoms with van der Waals surface area (Å²) < 4.78 is 14.0. The van der Waals surface area contributed by atoms with E-state index >= 15 is 0 Å². The molecule has 20 heavy (non-hydrogen) atoms. The van der Waals surface area contributed by atoms with Crippen LogP contribution < -0.4 is 11.3 Å². The lowest BCUT2D eigenvalue weighted by molar-refractivity contribution is 0.100. The number of hydrogen-bond donors (Lipinski definition) is 1. The number of primary amides is 1. The molecule has 2 rings (SSSR count). The molecule has 0 bridgehead atoms. The number of carbonyl (C=O) groups excluding carboxylic acids is 1. The third-order valence-corrected chi connectivity index (χ3v) is 4.34. The third kappa shape index (κ3) is 2.33. The van der Waals surface area contributed by atoms with Crippen LogP contribution >= 0.6 is 11.3 Å². The zero-order chi connectivity index (χ0) is 14.9. The maximum absolute atomic E-state index is 12.7. The van der Waals surface area contributed by atoms with Crippen LogP contribution in [0.2, 0.25) is 0 Å². The number of rotatable bonds is 5. The molecule has 7 heteroatoms. The highest BCUT2D eigenvalue weighted by atomic mass is 32.1. The molecule has 0 radical (unpaired) electrons. The van der Waals surface area contributed by atoms with Crippen LogP contribution in [0.25, 0.3) is 10.2 Å². The van der Waals surface area contributed by atoms with Crippen LogP contribution in [-0.2, 0) is 13.0 Å². The van der Waals surface area contributed by atoms with Gasteiger partial charge in [-0.05, 0) is 18.9 Å². The van der Waals surface area contributed by atoms with Crippen molar-refractivity contribution < 1.29 is 9.18 Å². The summed E-state index contributed by atoms with van der Waals surface area (Å²) in [5.74, 6) is -0.0149. The summed E-state index contributed by atoms with van der Waals surface area (Å²) in [6.45, 7) is 2.99. The van der Waals surface area contributed by atoms with Gasteiger partial charge in [-0.25, -0.2) is 9.37 Å². The molecule has 108 valence electrons. The molecule has 5 nitrogen and oxygen atoms in total. The van der Waals surface area contributed by atoms with E-state index in [1.54, 1.807) is 6.92 Å². The average Bonchev–Trinajstić information content (AvgIpc) is 2.72. The number of aromatic nitrogens is 2. The van der Waals surface area contributed by atoms with Crippen molar-refractivity contribution in [3.8, 4) is 0 Å². The first-order valence-electron chi connectivity index (χ1n) is 6.39. The summed E-state index contributed by atoms with van der Waals surface area (Å²) >= 11 is 1.12. The summed E-state index contributed by atoms with van der Waals surface area (Å²) in [5.41, 5.74) is 5.54. The molecule has 0 spiro atoms. The van der Waals surface area contributed by atoms with Crippen molar-refractivity contribution in [2.45, 2.75) is 33.2 Å². The smallest absolute Gasteiger partial charge is 0.262 e. The van der Waals surface area contributed by atoms with E-state index in [1.165, 1.54) is 4.57 Å². The largest absolute Gasteiger partial charge is 0.365 e. The topological polar surface area (TPSA) is 78.0 Å². The number of fused-ring (bicyclic) bond motifs is 1. The molecular formula is C13H16FN3O2S. The molecule has 2 aromatic rings. The highest BCUT2D eigenvalue weighted by Crippen LogP contribution is 2.27. The summed E-state index contributed by atoms with van der Waals surface area (Å²) in [4.78, 5) is 29.1. The van der Waals surface area contributed by atoms with E-state index < -0.39 is 12.6 Å². The van der Waals surface area contributed by atoms with Crippen LogP contribution in [-0.4, -0.2) is 22.1 Å². The van der Waals surface area contributed by atoms with Gasteiger partial charge in [0.2, 0.25) is 0 Å². The molecule has 2 N–H and O–H groups in total. The molecule has 0 atom stereocenters. The fraction of sp³-hybridized carbons (Fsp3) is 0.462. The van der Waals surface area contributed by atoms with Crippen molar-refractivity contribution in [3.05, 3.63) is 26.6 Å². The molecule has 0 aliphatic rings. The van der Waals surface area contributed by atoms with Gasteiger partial charge in [-0.2, -0.15) is 0 Å². The third-order valence-electron chi connectivity index (χ3n) is 3.13. The van der Waals surface area contributed by atoms with Gasteiger partial charge < -0.3 is 5.73 Å². The maximum Gasteiger partial charge on any atom is 0.262 e. The first-order valence-corrected chi connectivity index (χ1v) is 7.21. The van der Waals surface area contributed by atoms with Gasteiger partial charge in [0, 0.05) is 6.42 Å². The van der Waals surface area contributed by atoms with Gasteiger partial charge in [0.25, 0.3) is 11.5 Å². The van der Waals surface area contributed by atoms with Crippen LogP contribution in [0.15, 0.2) is 4.79 Å². The zero-order valence-electron chi connectivity index (χ0n) is 11.4. The van der Waals surface area contributed by atoms with Crippen molar-refractivity contribution in [3.63, 3.8) is 0 Å². The van der Waals surface area contributed by atoms with Gasteiger partial charge in [-0.1, -0.05) is 6.92 Å². The molecule has 1 amide bonds. The molecular weight excluding hydrogens is 281 g/mol. The SMILES string of the molecule is CCCc1nc2sc(C(N)=O)c(C)c2c(=O)n1CCF. The second-order valence-electron chi connectivity index (χ2n) is 4.52. The standard InChI is InChI=1S/C13H16FN3O2S/c1-3-4-8-16-12-9(13(19)17(8)6-5-14)7(2)10(20-12)11(15)18/h3-6H2,1-2H3,(H2,15,18). The number of carbonyl (C=O) groups is 1. The summed E-state index contributed by atoms with van der Waals surface area (Å²) in [6, 6.07) is 0. The highest BCUT2D eigenvalue weighted by Gasteiger charge is 2.19. The Hall–Kier alpha value is -1.76. The van der Waals surface area contributed by atoms with Gasteiger partial charge >= 0.3 is 0 Å². The fourth-order valence-corrected chi connectivity index (χ4v) is 3.27. The van der Waals surface area contributed by atoms with E-state index in [0.29, 0.717) is 32.9 Å². The minimum atomic E-state index is -0.629. The van der Waals surface area contributed by atoms with Crippen molar-refractivity contribution in [1.82, 2.24) is 9.55 Å². The predicted molar refractivity (Wildman–Crippen MR) is 77.1 cm³/mol. The van der Waals surface area contributed by atoms with Gasteiger partial charge in [-0.3, -0.25) is 14.2 Å². The number of alkyl halides is 1. The number of halogens is 1. The van der Waals surface area contributed by atoms with E-state index in [1.807, 2.05) is 6.92 Å². The van der Waals surface area contributed by atoms with Crippen LogP contribution in [0.5, 0.6) is 0 Å². The average molecular weight is 297 g/mol. The Bertz CT molecular complexity index is 720. The summed E-state index contributed by atoms with van der Waals surface area (Å²) in [7, 11) is 0. The molecule has 0 aromatic carbocycles. The zero-order valence-corrected chi connectivity index (χ0v) is 12.2. The van der Waals surface area contributed by atoms with Crippen molar-refractivity contribution in [1.29, 1.82) is 0 Å².